The molecular formula is C63H38N4. The van der Waals surface area contributed by atoms with Crippen molar-refractivity contribution in [2.75, 3.05) is 0 Å². The molecule has 14 aromatic rings. The summed E-state index contributed by atoms with van der Waals surface area (Å²) in [5.41, 5.74) is 8.49. The van der Waals surface area contributed by atoms with Crippen LogP contribution in [0, 0.1) is 0 Å². The van der Waals surface area contributed by atoms with Gasteiger partial charge >= 0.3 is 0 Å². The standard InChI is InChI=1S/C63H38N4/c1-3-17-39(18-4-1)61-64-62(40-19-5-2-6-20-40)66-63(65-61)43-37-56-50-27-12-10-24-47(50)48-25-13-14-29-53(48)60(56)59(38-43)67-57-30-16-15-28-52(57)55-36-42(32-34-58(55)67)41-31-33-51-46-23-8-7-21-44(46)45-22-9-11-26-49(45)54(51)35-41/h1-38H. The largest absolute Gasteiger partial charge is 0.309 e. The molecule has 310 valence electrons. The third kappa shape index (κ3) is 5.83. The molecule has 2 aromatic heterocycles. The Morgan fingerprint density at radius 1 is 0.224 bits per heavy atom. The summed E-state index contributed by atoms with van der Waals surface area (Å²) in [5, 5.41) is 17.2. The summed E-state index contributed by atoms with van der Waals surface area (Å²) in [6, 6.07) is 83.1. The van der Waals surface area contributed by atoms with Gasteiger partial charge in [0.1, 0.15) is 0 Å². The molecule has 0 aliphatic heterocycles. The van der Waals surface area contributed by atoms with Gasteiger partial charge in [0.15, 0.2) is 17.5 Å². The van der Waals surface area contributed by atoms with Crippen LogP contribution in [0.2, 0.25) is 0 Å². The van der Waals surface area contributed by atoms with E-state index in [9.17, 15) is 0 Å². The third-order valence-electron chi connectivity index (χ3n) is 13.8. The fraction of sp³-hybridized carbons (Fsp3) is 0. The van der Waals surface area contributed by atoms with Crippen LogP contribution in [-0.2, 0) is 0 Å². The molecule has 0 unspecified atom stereocenters. The van der Waals surface area contributed by atoms with Crippen LogP contribution in [0.5, 0.6) is 0 Å². The Morgan fingerprint density at radius 3 is 1.16 bits per heavy atom. The molecule has 4 nitrogen and oxygen atoms in total. The molecule has 0 atom stereocenters. The maximum atomic E-state index is 5.27. The van der Waals surface area contributed by atoms with E-state index >= 15 is 0 Å². The first kappa shape index (κ1) is 37.4. The number of hydrogen-bond acceptors (Lipinski definition) is 3. The minimum atomic E-state index is 0.618. The first-order valence-electron chi connectivity index (χ1n) is 22.9. The predicted octanol–water partition coefficient (Wildman–Crippen LogP) is 16.6. The van der Waals surface area contributed by atoms with Gasteiger partial charge < -0.3 is 4.57 Å². The molecule has 0 saturated carbocycles. The lowest BCUT2D eigenvalue weighted by Gasteiger charge is -2.18. The second-order valence-electron chi connectivity index (χ2n) is 17.5. The molecule has 0 amide bonds. The van der Waals surface area contributed by atoms with Crippen LogP contribution in [0.4, 0.5) is 0 Å². The average molecular weight is 851 g/mol. The zero-order valence-electron chi connectivity index (χ0n) is 36.2. The van der Waals surface area contributed by atoms with Crippen molar-refractivity contribution in [3.63, 3.8) is 0 Å². The van der Waals surface area contributed by atoms with Crippen molar-refractivity contribution in [2.45, 2.75) is 0 Å². The average Bonchev–Trinajstić information content (AvgIpc) is 3.74. The summed E-state index contributed by atoms with van der Waals surface area (Å²) in [5.74, 6) is 1.88. The molecule has 0 spiro atoms. The van der Waals surface area contributed by atoms with E-state index < -0.39 is 0 Å². The summed E-state index contributed by atoms with van der Waals surface area (Å²) >= 11 is 0. The maximum Gasteiger partial charge on any atom is 0.164 e. The molecule has 0 bridgehead atoms. The lowest BCUT2D eigenvalue weighted by Crippen LogP contribution is -2.02. The van der Waals surface area contributed by atoms with Gasteiger partial charge in [-0.3, -0.25) is 0 Å². The molecule has 67 heavy (non-hydrogen) atoms. The van der Waals surface area contributed by atoms with Gasteiger partial charge in [0, 0.05) is 32.8 Å². The molecular weight excluding hydrogens is 813 g/mol. The molecule has 14 rings (SSSR count). The lowest BCUT2D eigenvalue weighted by molar-refractivity contribution is 1.07. The monoisotopic (exact) mass is 850 g/mol. The molecule has 0 fully saturated rings. The highest BCUT2D eigenvalue weighted by atomic mass is 15.0. The molecule has 12 aromatic carbocycles. The molecule has 0 saturated heterocycles. The van der Waals surface area contributed by atoms with Crippen LogP contribution in [0.3, 0.4) is 0 Å². The van der Waals surface area contributed by atoms with Crippen LogP contribution in [-0.4, -0.2) is 19.5 Å². The molecule has 0 aliphatic rings. The van der Waals surface area contributed by atoms with Crippen LogP contribution in [0.1, 0.15) is 0 Å². The Bertz CT molecular complexity index is 4230. The van der Waals surface area contributed by atoms with Crippen molar-refractivity contribution in [3.05, 3.63) is 231 Å². The number of nitrogens with zero attached hydrogens (tertiary/aromatic N) is 4. The molecule has 0 aliphatic carbocycles. The number of benzene rings is 12. The second kappa shape index (κ2) is 14.8. The quantitative estimate of drug-likeness (QED) is 0.162. The lowest BCUT2D eigenvalue weighted by atomic mass is 9.91. The van der Waals surface area contributed by atoms with Crippen LogP contribution < -0.4 is 0 Å². The summed E-state index contributed by atoms with van der Waals surface area (Å²) < 4.78 is 2.47. The highest BCUT2D eigenvalue weighted by molar-refractivity contribution is 6.29. The smallest absolute Gasteiger partial charge is 0.164 e. The van der Waals surface area contributed by atoms with Gasteiger partial charge in [-0.05, 0) is 107 Å². The highest BCUT2D eigenvalue weighted by Crippen LogP contribution is 2.45. The van der Waals surface area contributed by atoms with E-state index in [1.54, 1.807) is 0 Å². The van der Waals surface area contributed by atoms with Crippen molar-refractivity contribution in [3.8, 4) is 51.0 Å². The SMILES string of the molecule is c1ccc(-c2nc(-c3ccccc3)nc(-c3cc(-n4c5ccccc5c5cc(-c6ccc7c8ccccc8c8ccccc8c7c6)ccc54)c4c5ccccc5c5ccccc5c4c3)n2)cc1. The number of para-hydroxylation sites is 1. The molecule has 4 heteroatoms. The molecule has 0 radical (unpaired) electrons. The van der Waals surface area contributed by atoms with Gasteiger partial charge in [0.25, 0.3) is 0 Å². The zero-order chi connectivity index (χ0) is 44.0. The molecule has 2 heterocycles. The predicted molar refractivity (Wildman–Crippen MR) is 281 cm³/mol. The van der Waals surface area contributed by atoms with Gasteiger partial charge in [-0.2, -0.15) is 0 Å². The summed E-state index contributed by atoms with van der Waals surface area (Å²) in [6.07, 6.45) is 0. The van der Waals surface area contributed by atoms with Gasteiger partial charge in [0.2, 0.25) is 0 Å². The number of rotatable bonds is 5. The first-order valence-corrected chi connectivity index (χ1v) is 22.9. The highest BCUT2D eigenvalue weighted by Gasteiger charge is 2.22. The van der Waals surface area contributed by atoms with Crippen LogP contribution in [0.15, 0.2) is 231 Å². The summed E-state index contributed by atoms with van der Waals surface area (Å²) in [6.45, 7) is 0. The normalized spacial score (nSPS) is 11.9. The van der Waals surface area contributed by atoms with E-state index in [0.29, 0.717) is 17.5 Å². The number of aromatic nitrogens is 4. The van der Waals surface area contributed by atoms with Crippen molar-refractivity contribution < 1.29 is 0 Å². The van der Waals surface area contributed by atoms with Crippen molar-refractivity contribution in [1.29, 1.82) is 0 Å². The van der Waals surface area contributed by atoms with Gasteiger partial charge in [-0.15, -0.1) is 0 Å². The first-order chi connectivity index (χ1) is 33.2. The Morgan fingerprint density at radius 2 is 0.597 bits per heavy atom. The van der Waals surface area contributed by atoms with Gasteiger partial charge in [-0.25, -0.2) is 15.0 Å². The van der Waals surface area contributed by atoms with Gasteiger partial charge in [0.05, 0.1) is 16.7 Å². The fourth-order valence-electron chi connectivity index (χ4n) is 10.8. The van der Waals surface area contributed by atoms with Gasteiger partial charge in [-0.1, -0.05) is 194 Å². The minimum Gasteiger partial charge on any atom is -0.309 e. The zero-order valence-corrected chi connectivity index (χ0v) is 36.2. The fourth-order valence-corrected chi connectivity index (χ4v) is 10.8. The van der Waals surface area contributed by atoms with Crippen molar-refractivity contribution in [2.24, 2.45) is 0 Å². The summed E-state index contributed by atoms with van der Waals surface area (Å²) in [4.78, 5) is 15.6. The van der Waals surface area contributed by atoms with E-state index in [-0.39, 0.29) is 0 Å². The van der Waals surface area contributed by atoms with Crippen LogP contribution >= 0.6 is 0 Å². The Labute approximate surface area is 385 Å². The Hall–Kier alpha value is -8.99. The minimum absolute atomic E-state index is 0.618. The maximum absolute atomic E-state index is 5.27. The van der Waals surface area contributed by atoms with E-state index in [0.717, 1.165) is 38.8 Å². The van der Waals surface area contributed by atoms with E-state index in [2.05, 4.69) is 199 Å². The topological polar surface area (TPSA) is 43.6 Å². The summed E-state index contributed by atoms with van der Waals surface area (Å²) in [7, 11) is 0. The Balaban J connectivity index is 1.06. The number of fused-ring (bicyclic) bond motifs is 15. The van der Waals surface area contributed by atoms with Crippen LogP contribution in [0.25, 0.3) is 137 Å². The second-order valence-corrected chi connectivity index (χ2v) is 17.5. The van der Waals surface area contributed by atoms with Crippen molar-refractivity contribution >= 4 is 86.4 Å². The Kier molecular flexibility index (Phi) is 8.25. The van der Waals surface area contributed by atoms with E-state index in [4.69, 9.17) is 15.0 Å². The van der Waals surface area contributed by atoms with Crippen molar-refractivity contribution in [1.82, 2.24) is 19.5 Å². The van der Waals surface area contributed by atoms with E-state index in [1.807, 2.05) is 36.4 Å². The molecule has 0 N–H and O–H groups in total. The third-order valence-corrected chi connectivity index (χ3v) is 13.8. The van der Waals surface area contributed by atoms with E-state index in [1.165, 1.54) is 81.1 Å². The number of hydrogen-bond donors (Lipinski definition) is 0.